The van der Waals surface area contributed by atoms with Crippen molar-refractivity contribution in [3.05, 3.63) is 70.5 Å². The Morgan fingerprint density at radius 3 is 2.54 bits per heavy atom. The van der Waals surface area contributed by atoms with Crippen molar-refractivity contribution in [3.8, 4) is 5.69 Å². The monoisotopic (exact) mass is 340 g/mol. The molecule has 24 heavy (non-hydrogen) atoms. The van der Waals surface area contributed by atoms with Crippen molar-refractivity contribution in [3.63, 3.8) is 0 Å². The smallest absolute Gasteiger partial charge is 0.260 e. The number of para-hydroxylation sites is 1. The minimum absolute atomic E-state index is 0.282. The second-order valence-corrected chi connectivity index (χ2v) is 5.89. The van der Waals surface area contributed by atoms with Gasteiger partial charge in [-0.1, -0.05) is 29.8 Å². The lowest BCUT2D eigenvalue weighted by molar-refractivity contribution is 0.102. The molecule has 6 heteroatoms. The van der Waals surface area contributed by atoms with E-state index in [2.05, 4.69) is 10.4 Å². The number of rotatable bonds is 3. The Labute approximate surface area is 145 Å². The molecule has 2 aromatic carbocycles. The van der Waals surface area contributed by atoms with E-state index >= 15 is 0 Å². The van der Waals surface area contributed by atoms with Gasteiger partial charge in [0.25, 0.3) is 5.91 Å². The molecule has 0 unspecified atom stereocenters. The van der Waals surface area contributed by atoms with Crippen molar-refractivity contribution >= 4 is 28.9 Å². The molecule has 0 aliphatic carbocycles. The molecule has 1 aromatic heterocycles. The number of nitrogens with two attached hydrogens (primary N) is 1. The lowest BCUT2D eigenvalue weighted by Gasteiger charge is -2.09. The summed E-state index contributed by atoms with van der Waals surface area (Å²) in [5.41, 5.74) is 9.68. The quantitative estimate of drug-likeness (QED) is 0.708. The molecule has 122 valence electrons. The number of hydrogen-bond donors (Lipinski definition) is 2. The molecule has 0 atom stereocenters. The maximum Gasteiger partial charge on any atom is 0.260 e. The van der Waals surface area contributed by atoms with Gasteiger partial charge in [0.1, 0.15) is 10.7 Å². The van der Waals surface area contributed by atoms with Crippen LogP contribution in [0.1, 0.15) is 21.6 Å². The van der Waals surface area contributed by atoms with Gasteiger partial charge in [-0.3, -0.25) is 4.79 Å². The Bertz CT molecular complexity index is 903. The number of hydrogen-bond acceptors (Lipinski definition) is 3. The minimum Gasteiger partial charge on any atom is -0.399 e. The molecule has 0 spiro atoms. The number of halogens is 1. The molecular weight excluding hydrogens is 324 g/mol. The summed E-state index contributed by atoms with van der Waals surface area (Å²) >= 11 is 6.41. The SMILES string of the molecule is Cc1cc(N)ccc1NC(=O)c1c(C)nn(-c2ccccc2)c1Cl. The summed E-state index contributed by atoms with van der Waals surface area (Å²) in [4.78, 5) is 12.7. The second-order valence-electron chi connectivity index (χ2n) is 5.53. The molecule has 0 bridgehead atoms. The van der Waals surface area contributed by atoms with Crippen LogP contribution in [-0.4, -0.2) is 15.7 Å². The number of carbonyl (C=O) groups is 1. The first-order valence-electron chi connectivity index (χ1n) is 7.45. The summed E-state index contributed by atoms with van der Waals surface area (Å²) in [6, 6.07) is 14.8. The molecule has 0 saturated heterocycles. The van der Waals surface area contributed by atoms with Crippen LogP contribution in [0.3, 0.4) is 0 Å². The van der Waals surface area contributed by atoms with Crippen LogP contribution < -0.4 is 11.1 Å². The van der Waals surface area contributed by atoms with Gasteiger partial charge < -0.3 is 11.1 Å². The standard InChI is InChI=1S/C18H17ClN4O/c1-11-10-13(20)8-9-15(11)21-18(24)16-12(2)22-23(17(16)19)14-6-4-3-5-7-14/h3-10H,20H2,1-2H3,(H,21,24). The van der Waals surface area contributed by atoms with Crippen LogP contribution in [0, 0.1) is 13.8 Å². The van der Waals surface area contributed by atoms with E-state index in [1.54, 1.807) is 29.8 Å². The van der Waals surface area contributed by atoms with E-state index in [0.717, 1.165) is 11.3 Å². The lowest BCUT2D eigenvalue weighted by Crippen LogP contribution is -2.14. The molecule has 3 aromatic rings. The highest BCUT2D eigenvalue weighted by Crippen LogP contribution is 2.25. The molecule has 0 fully saturated rings. The molecule has 1 amide bonds. The first kappa shape index (κ1) is 16.1. The Morgan fingerprint density at radius 1 is 1.17 bits per heavy atom. The van der Waals surface area contributed by atoms with Gasteiger partial charge in [0, 0.05) is 11.4 Å². The van der Waals surface area contributed by atoms with Crippen LogP contribution in [0.4, 0.5) is 11.4 Å². The average Bonchev–Trinajstić information content (AvgIpc) is 2.85. The van der Waals surface area contributed by atoms with Crippen LogP contribution in [0.15, 0.2) is 48.5 Å². The largest absolute Gasteiger partial charge is 0.399 e. The fourth-order valence-electron chi connectivity index (χ4n) is 2.51. The first-order valence-corrected chi connectivity index (χ1v) is 7.83. The summed E-state index contributed by atoms with van der Waals surface area (Å²) in [6.45, 7) is 3.64. The molecule has 0 radical (unpaired) electrons. The van der Waals surface area contributed by atoms with Gasteiger partial charge in [0.05, 0.1) is 11.4 Å². The van der Waals surface area contributed by atoms with Gasteiger partial charge in [0.15, 0.2) is 0 Å². The predicted octanol–water partition coefficient (Wildman–Crippen LogP) is 3.98. The van der Waals surface area contributed by atoms with Crippen LogP contribution in [0.25, 0.3) is 5.69 Å². The molecule has 5 nitrogen and oxygen atoms in total. The van der Waals surface area contributed by atoms with Gasteiger partial charge in [-0.15, -0.1) is 0 Å². The van der Waals surface area contributed by atoms with Crippen molar-refractivity contribution in [2.24, 2.45) is 0 Å². The molecule has 0 saturated carbocycles. The average molecular weight is 341 g/mol. The van der Waals surface area contributed by atoms with Gasteiger partial charge in [-0.05, 0) is 49.7 Å². The normalized spacial score (nSPS) is 10.6. The maximum absolute atomic E-state index is 12.7. The Kier molecular flexibility index (Phi) is 4.27. The highest BCUT2D eigenvalue weighted by molar-refractivity contribution is 6.34. The van der Waals surface area contributed by atoms with E-state index < -0.39 is 0 Å². The van der Waals surface area contributed by atoms with Gasteiger partial charge in [-0.25, -0.2) is 4.68 Å². The van der Waals surface area contributed by atoms with Gasteiger partial charge in [0.2, 0.25) is 0 Å². The third-order valence-electron chi connectivity index (χ3n) is 3.73. The van der Waals surface area contributed by atoms with Crippen molar-refractivity contribution < 1.29 is 4.79 Å². The van der Waals surface area contributed by atoms with Crippen LogP contribution >= 0.6 is 11.6 Å². The number of anilines is 2. The van der Waals surface area contributed by atoms with E-state index in [9.17, 15) is 4.79 Å². The molecule has 0 aliphatic rings. The predicted molar refractivity (Wildman–Crippen MR) is 96.9 cm³/mol. The van der Waals surface area contributed by atoms with Crippen LogP contribution in [0.5, 0.6) is 0 Å². The third-order valence-corrected chi connectivity index (χ3v) is 4.08. The highest BCUT2D eigenvalue weighted by Gasteiger charge is 2.21. The van der Waals surface area contributed by atoms with E-state index in [4.69, 9.17) is 17.3 Å². The van der Waals surface area contributed by atoms with Gasteiger partial charge >= 0.3 is 0 Å². The zero-order chi connectivity index (χ0) is 17.3. The first-order chi connectivity index (χ1) is 11.5. The number of amides is 1. The van der Waals surface area contributed by atoms with Crippen LogP contribution in [-0.2, 0) is 0 Å². The molecule has 3 rings (SSSR count). The zero-order valence-corrected chi connectivity index (χ0v) is 14.1. The summed E-state index contributed by atoms with van der Waals surface area (Å²) in [5, 5.41) is 7.53. The number of carbonyl (C=O) groups excluding carboxylic acids is 1. The third kappa shape index (κ3) is 2.98. The number of benzene rings is 2. The molecule has 3 N–H and O–H groups in total. The second kappa shape index (κ2) is 6.37. The van der Waals surface area contributed by atoms with Gasteiger partial charge in [-0.2, -0.15) is 5.10 Å². The lowest BCUT2D eigenvalue weighted by atomic mass is 10.1. The Hall–Kier alpha value is -2.79. The van der Waals surface area contributed by atoms with Crippen LogP contribution in [0.2, 0.25) is 5.15 Å². The fraction of sp³-hybridized carbons (Fsp3) is 0.111. The number of aromatic nitrogens is 2. The van der Waals surface area contributed by atoms with E-state index in [-0.39, 0.29) is 11.1 Å². The number of nitrogen functional groups attached to an aromatic ring is 1. The summed E-state index contributed by atoms with van der Waals surface area (Å²) < 4.78 is 1.56. The molecule has 1 heterocycles. The minimum atomic E-state index is -0.299. The summed E-state index contributed by atoms with van der Waals surface area (Å²) in [7, 11) is 0. The summed E-state index contributed by atoms with van der Waals surface area (Å²) in [5.74, 6) is -0.299. The van der Waals surface area contributed by atoms with Crippen molar-refractivity contribution in [2.75, 3.05) is 11.1 Å². The number of nitrogens with zero attached hydrogens (tertiary/aromatic N) is 2. The fourth-order valence-corrected chi connectivity index (χ4v) is 2.87. The molecular formula is C18H17ClN4O. The Balaban J connectivity index is 1.95. The van der Waals surface area contributed by atoms with Crippen molar-refractivity contribution in [2.45, 2.75) is 13.8 Å². The number of aryl methyl sites for hydroxylation is 2. The highest BCUT2D eigenvalue weighted by atomic mass is 35.5. The Morgan fingerprint density at radius 2 is 1.88 bits per heavy atom. The molecule has 0 aliphatic heterocycles. The summed E-state index contributed by atoms with van der Waals surface area (Å²) in [6.07, 6.45) is 0. The number of nitrogens with one attached hydrogen (secondary N) is 1. The zero-order valence-electron chi connectivity index (χ0n) is 13.4. The van der Waals surface area contributed by atoms with E-state index in [1.165, 1.54) is 0 Å². The maximum atomic E-state index is 12.7. The van der Waals surface area contributed by atoms with Crippen molar-refractivity contribution in [1.29, 1.82) is 0 Å². The van der Waals surface area contributed by atoms with E-state index in [1.807, 2.05) is 37.3 Å². The topological polar surface area (TPSA) is 72.9 Å². The van der Waals surface area contributed by atoms with Crippen molar-refractivity contribution in [1.82, 2.24) is 9.78 Å². The van der Waals surface area contributed by atoms with E-state index in [0.29, 0.717) is 22.6 Å².